The van der Waals surface area contributed by atoms with Gasteiger partial charge in [-0.2, -0.15) is 0 Å². The SMILES string of the molecule is COc1ccc(CCC(=O)NCc2cccc(CN3CCOCC3)c2)cc1C. The van der Waals surface area contributed by atoms with E-state index in [9.17, 15) is 4.79 Å². The third-order valence-corrected chi connectivity index (χ3v) is 5.09. The highest BCUT2D eigenvalue weighted by molar-refractivity contribution is 5.76. The van der Waals surface area contributed by atoms with Crippen LogP contribution in [0.25, 0.3) is 0 Å². The molecule has 0 unspecified atom stereocenters. The predicted octanol–water partition coefficient (Wildman–Crippen LogP) is 3.08. The van der Waals surface area contributed by atoms with E-state index in [1.165, 1.54) is 5.56 Å². The average molecular weight is 383 g/mol. The van der Waals surface area contributed by atoms with E-state index in [-0.39, 0.29) is 5.91 Å². The number of hydrogen-bond acceptors (Lipinski definition) is 4. The number of benzene rings is 2. The Balaban J connectivity index is 1.45. The molecule has 0 atom stereocenters. The predicted molar refractivity (Wildman–Crippen MR) is 110 cm³/mol. The maximum atomic E-state index is 12.2. The van der Waals surface area contributed by atoms with Crippen molar-refractivity contribution in [3.8, 4) is 5.75 Å². The third-order valence-electron chi connectivity index (χ3n) is 5.09. The number of rotatable bonds is 8. The lowest BCUT2D eigenvalue weighted by molar-refractivity contribution is -0.121. The lowest BCUT2D eigenvalue weighted by Gasteiger charge is -2.26. The van der Waals surface area contributed by atoms with Crippen molar-refractivity contribution in [2.24, 2.45) is 0 Å². The number of carbonyl (C=O) groups is 1. The van der Waals surface area contributed by atoms with E-state index in [1.807, 2.05) is 19.1 Å². The van der Waals surface area contributed by atoms with Crippen LogP contribution in [0, 0.1) is 6.92 Å². The summed E-state index contributed by atoms with van der Waals surface area (Å²) in [5, 5.41) is 3.04. The first kappa shape index (κ1) is 20.4. The van der Waals surface area contributed by atoms with Crippen molar-refractivity contribution >= 4 is 5.91 Å². The number of methoxy groups -OCH3 is 1. The lowest BCUT2D eigenvalue weighted by atomic mass is 10.1. The smallest absolute Gasteiger partial charge is 0.220 e. The van der Waals surface area contributed by atoms with Gasteiger partial charge < -0.3 is 14.8 Å². The number of morpholine rings is 1. The van der Waals surface area contributed by atoms with E-state index in [4.69, 9.17) is 9.47 Å². The Labute approximate surface area is 167 Å². The minimum atomic E-state index is 0.0760. The number of nitrogens with one attached hydrogen (secondary N) is 1. The summed E-state index contributed by atoms with van der Waals surface area (Å²) in [6.07, 6.45) is 1.22. The molecular formula is C23H30N2O3. The van der Waals surface area contributed by atoms with Gasteiger partial charge in [0.25, 0.3) is 0 Å². The maximum Gasteiger partial charge on any atom is 0.220 e. The second kappa shape index (κ2) is 10.2. The molecule has 1 fully saturated rings. The zero-order valence-corrected chi connectivity index (χ0v) is 16.9. The Bertz CT molecular complexity index is 785. The van der Waals surface area contributed by atoms with Crippen LogP contribution in [-0.2, 0) is 29.0 Å². The summed E-state index contributed by atoms with van der Waals surface area (Å²) in [7, 11) is 1.67. The zero-order valence-electron chi connectivity index (χ0n) is 16.9. The van der Waals surface area contributed by atoms with Gasteiger partial charge in [0, 0.05) is 32.6 Å². The minimum Gasteiger partial charge on any atom is -0.496 e. The molecule has 1 amide bonds. The molecule has 1 saturated heterocycles. The van der Waals surface area contributed by atoms with Crippen molar-refractivity contribution in [3.05, 3.63) is 64.7 Å². The second-order valence-corrected chi connectivity index (χ2v) is 7.29. The fraction of sp³-hybridized carbons (Fsp3) is 0.435. The molecule has 5 heteroatoms. The Kier molecular flexibility index (Phi) is 7.46. The van der Waals surface area contributed by atoms with E-state index in [0.29, 0.717) is 13.0 Å². The van der Waals surface area contributed by atoms with Gasteiger partial charge in [0.05, 0.1) is 20.3 Å². The van der Waals surface area contributed by atoms with Crippen LogP contribution >= 0.6 is 0 Å². The standard InChI is InChI=1S/C23H30N2O3/c1-18-14-19(6-8-22(18)27-2)7-9-23(26)24-16-20-4-3-5-21(15-20)17-25-10-12-28-13-11-25/h3-6,8,14-15H,7,9-13,16-17H2,1-2H3,(H,24,26). The van der Waals surface area contributed by atoms with Crippen LogP contribution in [0.5, 0.6) is 5.75 Å². The van der Waals surface area contributed by atoms with Crippen LogP contribution in [0.2, 0.25) is 0 Å². The van der Waals surface area contributed by atoms with Gasteiger partial charge in [-0.3, -0.25) is 9.69 Å². The first-order valence-electron chi connectivity index (χ1n) is 9.92. The molecule has 150 valence electrons. The topological polar surface area (TPSA) is 50.8 Å². The number of aryl methyl sites for hydroxylation is 2. The molecule has 0 bridgehead atoms. The summed E-state index contributed by atoms with van der Waals surface area (Å²) in [5.74, 6) is 0.956. The molecule has 1 N–H and O–H groups in total. The molecular weight excluding hydrogens is 352 g/mol. The van der Waals surface area contributed by atoms with Gasteiger partial charge in [-0.15, -0.1) is 0 Å². The van der Waals surface area contributed by atoms with Gasteiger partial charge in [0.15, 0.2) is 0 Å². The van der Waals surface area contributed by atoms with Gasteiger partial charge in [0.2, 0.25) is 5.91 Å². The minimum absolute atomic E-state index is 0.0760. The van der Waals surface area contributed by atoms with Crippen molar-refractivity contribution in [1.82, 2.24) is 10.2 Å². The molecule has 0 radical (unpaired) electrons. The summed E-state index contributed by atoms with van der Waals surface area (Å²) in [5.41, 5.74) is 4.67. The Hall–Kier alpha value is -2.37. The highest BCUT2D eigenvalue weighted by Crippen LogP contribution is 2.19. The van der Waals surface area contributed by atoms with E-state index < -0.39 is 0 Å². The molecule has 0 saturated carbocycles. The van der Waals surface area contributed by atoms with E-state index in [1.54, 1.807) is 7.11 Å². The number of ether oxygens (including phenoxy) is 2. The molecule has 1 aliphatic heterocycles. The molecule has 3 rings (SSSR count). The summed E-state index contributed by atoms with van der Waals surface area (Å²) < 4.78 is 10.7. The fourth-order valence-corrected chi connectivity index (χ4v) is 3.50. The van der Waals surface area contributed by atoms with Gasteiger partial charge in [-0.05, 0) is 41.7 Å². The molecule has 2 aromatic rings. The molecule has 1 aliphatic rings. The Morgan fingerprint density at radius 3 is 2.64 bits per heavy atom. The van der Waals surface area contributed by atoms with Crippen molar-refractivity contribution in [2.75, 3.05) is 33.4 Å². The summed E-state index contributed by atoms with van der Waals surface area (Å²) in [6.45, 7) is 7.09. The van der Waals surface area contributed by atoms with Crippen LogP contribution in [0.3, 0.4) is 0 Å². The number of amides is 1. The van der Waals surface area contributed by atoms with Gasteiger partial charge in [0.1, 0.15) is 5.75 Å². The van der Waals surface area contributed by atoms with Gasteiger partial charge >= 0.3 is 0 Å². The Morgan fingerprint density at radius 1 is 1.11 bits per heavy atom. The maximum absolute atomic E-state index is 12.2. The quantitative estimate of drug-likeness (QED) is 0.762. The first-order chi connectivity index (χ1) is 13.6. The number of carbonyl (C=O) groups excluding carboxylic acids is 1. The van der Waals surface area contributed by atoms with E-state index >= 15 is 0 Å². The molecule has 0 aliphatic carbocycles. The van der Waals surface area contributed by atoms with Crippen molar-refractivity contribution in [2.45, 2.75) is 32.9 Å². The van der Waals surface area contributed by atoms with E-state index in [2.05, 4.69) is 40.5 Å². The molecule has 5 nitrogen and oxygen atoms in total. The van der Waals surface area contributed by atoms with E-state index in [0.717, 1.165) is 61.7 Å². The Morgan fingerprint density at radius 2 is 1.89 bits per heavy atom. The first-order valence-corrected chi connectivity index (χ1v) is 9.92. The molecule has 0 aromatic heterocycles. The fourth-order valence-electron chi connectivity index (χ4n) is 3.50. The van der Waals surface area contributed by atoms with Crippen LogP contribution in [0.15, 0.2) is 42.5 Å². The van der Waals surface area contributed by atoms with Crippen LogP contribution in [0.1, 0.15) is 28.7 Å². The van der Waals surface area contributed by atoms with Gasteiger partial charge in [-0.25, -0.2) is 0 Å². The molecule has 1 heterocycles. The van der Waals surface area contributed by atoms with Crippen molar-refractivity contribution in [3.63, 3.8) is 0 Å². The summed E-state index contributed by atoms with van der Waals surface area (Å²) in [6, 6.07) is 14.5. The monoisotopic (exact) mass is 382 g/mol. The largest absolute Gasteiger partial charge is 0.496 e. The summed E-state index contributed by atoms with van der Waals surface area (Å²) >= 11 is 0. The van der Waals surface area contributed by atoms with Crippen LogP contribution in [0.4, 0.5) is 0 Å². The van der Waals surface area contributed by atoms with Gasteiger partial charge in [-0.1, -0.05) is 36.4 Å². The van der Waals surface area contributed by atoms with Crippen LogP contribution in [-0.4, -0.2) is 44.2 Å². The highest BCUT2D eigenvalue weighted by Gasteiger charge is 2.11. The molecule has 28 heavy (non-hydrogen) atoms. The van der Waals surface area contributed by atoms with Crippen molar-refractivity contribution < 1.29 is 14.3 Å². The number of nitrogens with zero attached hydrogens (tertiary/aromatic N) is 1. The van der Waals surface area contributed by atoms with Crippen LogP contribution < -0.4 is 10.1 Å². The average Bonchev–Trinajstić information content (AvgIpc) is 2.72. The highest BCUT2D eigenvalue weighted by atomic mass is 16.5. The zero-order chi connectivity index (χ0) is 19.8. The summed E-state index contributed by atoms with van der Waals surface area (Å²) in [4.78, 5) is 14.6. The second-order valence-electron chi connectivity index (χ2n) is 7.29. The van der Waals surface area contributed by atoms with Crippen molar-refractivity contribution in [1.29, 1.82) is 0 Å². The normalized spacial score (nSPS) is 14.6. The molecule has 2 aromatic carbocycles. The third kappa shape index (κ3) is 6.08. The number of hydrogen-bond donors (Lipinski definition) is 1. The molecule has 0 spiro atoms. The lowest BCUT2D eigenvalue weighted by Crippen LogP contribution is -2.35.